The third kappa shape index (κ3) is 6.70. The summed E-state index contributed by atoms with van der Waals surface area (Å²) in [6.45, 7) is 0. The van der Waals surface area contributed by atoms with Crippen molar-refractivity contribution in [2.45, 2.75) is 0 Å². The highest BCUT2D eigenvalue weighted by Crippen LogP contribution is 2.44. The number of furan rings is 1. The van der Waals surface area contributed by atoms with Gasteiger partial charge in [-0.3, -0.25) is 0 Å². The average Bonchev–Trinajstić information content (AvgIpc) is 3.77. The van der Waals surface area contributed by atoms with Gasteiger partial charge in [0.05, 0.1) is 0 Å². The van der Waals surface area contributed by atoms with Crippen molar-refractivity contribution in [3.05, 3.63) is 249 Å². The molecule has 11 aromatic carbocycles. The first kappa shape index (κ1) is 37.3. The van der Waals surface area contributed by atoms with E-state index in [0.717, 1.165) is 66.6 Å². The largest absolute Gasteiger partial charge is 0.455 e. The molecule has 2 heteroatoms. The summed E-state index contributed by atoms with van der Waals surface area (Å²) in [4.78, 5) is 2.37. The Morgan fingerprint density at radius 1 is 0.250 bits per heavy atom. The van der Waals surface area contributed by atoms with E-state index < -0.39 is 0 Å². The fourth-order valence-corrected chi connectivity index (χ4v) is 9.44. The molecule has 0 saturated carbocycles. The van der Waals surface area contributed by atoms with Crippen LogP contribution in [0.1, 0.15) is 0 Å². The van der Waals surface area contributed by atoms with Crippen molar-refractivity contribution in [3.8, 4) is 55.6 Å². The van der Waals surface area contributed by atoms with Gasteiger partial charge >= 0.3 is 0 Å². The Hall–Kier alpha value is -8.46. The normalized spacial score (nSPS) is 11.4. The molecule has 0 aliphatic carbocycles. The van der Waals surface area contributed by atoms with Crippen LogP contribution < -0.4 is 4.90 Å². The molecule has 0 amide bonds. The molecule has 300 valence electrons. The standard InChI is InChI=1S/C62H41NO/c1-5-14-42(15-6-1)46-26-32-53(33-27-46)63(55-40-51(44-18-9-3-10-19-44)39-52(41-55)45-20-11-4-12-21-45)54-34-28-47(29-35-54)57-22-13-23-58-59-37-30-48-24-25-50-38-49(43-16-7-2-8-17-43)31-36-56(50)60(48)62(59)64-61(57)58/h1-41H. The van der Waals surface area contributed by atoms with Crippen molar-refractivity contribution in [3.63, 3.8) is 0 Å². The zero-order chi connectivity index (χ0) is 42.4. The van der Waals surface area contributed by atoms with E-state index in [9.17, 15) is 0 Å². The van der Waals surface area contributed by atoms with E-state index in [2.05, 4.69) is 254 Å². The van der Waals surface area contributed by atoms with Crippen LogP contribution in [0.3, 0.4) is 0 Å². The number of para-hydroxylation sites is 1. The smallest absolute Gasteiger partial charge is 0.143 e. The topological polar surface area (TPSA) is 16.4 Å². The van der Waals surface area contributed by atoms with Crippen LogP contribution in [-0.2, 0) is 0 Å². The molecule has 0 aliphatic heterocycles. The highest BCUT2D eigenvalue weighted by Gasteiger charge is 2.19. The molecule has 1 aromatic heterocycles. The molecule has 0 spiro atoms. The van der Waals surface area contributed by atoms with Crippen molar-refractivity contribution in [1.29, 1.82) is 0 Å². The van der Waals surface area contributed by atoms with Crippen molar-refractivity contribution in [1.82, 2.24) is 0 Å². The van der Waals surface area contributed by atoms with Gasteiger partial charge in [-0.05, 0) is 121 Å². The molecule has 0 radical (unpaired) electrons. The molecule has 0 N–H and O–H groups in total. The van der Waals surface area contributed by atoms with Gasteiger partial charge in [0.25, 0.3) is 0 Å². The first-order chi connectivity index (χ1) is 31.7. The summed E-state index contributed by atoms with van der Waals surface area (Å²) >= 11 is 0. The molecule has 2 nitrogen and oxygen atoms in total. The highest BCUT2D eigenvalue weighted by atomic mass is 16.3. The zero-order valence-corrected chi connectivity index (χ0v) is 35.0. The van der Waals surface area contributed by atoms with E-state index in [-0.39, 0.29) is 0 Å². The van der Waals surface area contributed by atoms with Crippen molar-refractivity contribution < 1.29 is 4.42 Å². The quantitative estimate of drug-likeness (QED) is 0.142. The van der Waals surface area contributed by atoms with E-state index in [1.165, 1.54) is 49.5 Å². The molecule has 12 aromatic rings. The number of hydrogen-bond acceptors (Lipinski definition) is 2. The molecular formula is C62H41NO. The second-order valence-electron chi connectivity index (χ2n) is 16.5. The van der Waals surface area contributed by atoms with E-state index in [1.54, 1.807) is 0 Å². The minimum absolute atomic E-state index is 0.895. The fourth-order valence-electron chi connectivity index (χ4n) is 9.44. The lowest BCUT2D eigenvalue weighted by molar-refractivity contribution is 0.674. The Labute approximate surface area is 372 Å². The monoisotopic (exact) mass is 815 g/mol. The summed E-state index contributed by atoms with van der Waals surface area (Å²) < 4.78 is 7.04. The lowest BCUT2D eigenvalue weighted by Gasteiger charge is -2.27. The first-order valence-corrected chi connectivity index (χ1v) is 21.9. The molecular weight excluding hydrogens is 775 g/mol. The Morgan fingerprint density at radius 3 is 1.30 bits per heavy atom. The van der Waals surface area contributed by atoms with Crippen LogP contribution in [0.2, 0.25) is 0 Å². The summed E-state index contributed by atoms with van der Waals surface area (Å²) in [5.41, 5.74) is 16.7. The summed E-state index contributed by atoms with van der Waals surface area (Å²) in [6, 6.07) is 89.5. The third-order valence-corrected chi connectivity index (χ3v) is 12.6. The summed E-state index contributed by atoms with van der Waals surface area (Å²) in [7, 11) is 0. The van der Waals surface area contributed by atoms with E-state index in [4.69, 9.17) is 4.42 Å². The maximum Gasteiger partial charge on any atom is 0.143 e. The molecule has 0 atom stereocenters. The van der Waals surface area contributed by atoms with Gasteiger partial charge in [-0.1, -0.05) is 194 Å². The third-order valence-electron chi connectivity index (χ3n) is 12.6. The zero-order valence-electron chi connectivity index (χ0n) is 35.0. The van der Waals surface area contributed by atoms with Gasteiger partial charge in [0.15, 0.2) is 0 Å². The Kier molecular flexibility index (Phi) is 9.20. The van der Waals surface area contributed by atoms with E-state index >= 15 is 0 Å². The van der Waals surface area contributed by atoms with Crippen LogP contribution in [0.5, 0.6) is 0 Å². The van der Waals surface area contributed by atoms with Crippen LogP contribution in [-0.4, -0.2) is 0 Å². The van der Waals surface area contributed by atoms with Gasteiger partial charge in [0.1, 0.15) is 11.2 Å². The maximum atomic E-state index is 7.04. The van der Waals surface area contributed by atoms with Gasteiger partial charge in [-0.15, -0.1) is 0 Å². The molecule has 12 rings (SSSR count). The minimum Gasteiger partial charge on any atom is -0.455 e. The van der Waals surface area contributed by atoms with Gasteiger partial charge in [0, 0.05) is 38.8 Å². The van der Waals surface area contributed by atoms with Gasteiger partial charge in [-0.25, -0.2) is 0 Å². The fraction of sp³-hybridized carbons (Fsp3) is 0. The van der Waals surface area contributed by atoms with Crippen LogP contribution >= 0.6 is 0 Å². The molecule has 0 fully saturated rings. The molecule has 0 aliphatic rings. The Balaban J connectivity index is 0.988. The average molecular weight is 816 g/mol. The summed E-state index contributed by atoms with van der Waals surface area (Å²) in [5, 5.41) is 6.94. The lowest BCUT2D eigenvalue weighted by atomic mass is 9.96. The highest BCUT2D eigenvalue weighted by molar-refractivity contribution is 6.24. The Morgan fingerprint density at radius 2 is 0.703 bits per heavy atom. The molecule has 0 saturated heterocycles. The minimum atomic E-state index is 0.895. The van der Waals surface area contributed by atoms with Crippen LogP contribution in [0.25, 0.3) is 99.1 Å². The van der Waals surface area contributed by atoms with Crippen LogP contribution in [0, 0.1) is 0 Å². The van der Waals surface area contributed by atoms with Gasteiger partial charge in [0.2, 0.25) is 0 Å². The van der Waals surface area contributed by atoms with Crippen LogP contribution in [0.4, 0.5) is 17.1 Å². The number of nitrogens with zero attached hydrogens (tertiary/aromatic N) is 1. The molecule has 0 unspecified atom stereocenters. The second kappa shape index (κ2) is 15.8. The number of fused-ring (bicyclic) bond motifs is 7. The summed E-state index contributed by atoms with van der Waals surface area (Å²) in [6.07, 6.45) is 0. The lowest BCUT2D eigenvalue weighted by Crippen LogP contribution is -2.10. The van der Waals surface area contributed by atoms with Crippen molar-refractivity contribution >= 4 is 60.5 Å². The number of hydrogen-bond donors (Lipinski definition) is 0. The predicted octanol–water partition coefficient (Wildman–Crippen LogP) is 17.7. The van der Waals surface area contributed by atoms with Crippen LogP contribution in [0.15, 0.2) is 253 Å². The van der Waals surface area contributed by atoms with Crippen molar-refractivity contribution in [2.75, 3.05) is 4.90 Å². The van der Waals surface area contributed by atoms with E-state index in [1.807, 2.05) is 0 Å². The number of rotatable bonds is 8. The number of benzene rings is 11. The maximum absolute atomic E-state index is 7.04. The Bertz CT molecular complexity index is 3560. The SMILES string of the molecule is c1ccc(-c2ccc(N(c3ccc(-c4cccc5c4oc4c5ccc5ccc6cc(-c7ccccc7)ccc6c54)cc3)c3cc(-c4ccccc4)cc(-c4ccccc4)c3)cc2)cc1. The van der Waals surface area contributed by atoms with Gasteiger partial charge < -0.3 is 9.32 Å². The van der Waals surface area contributed by atoms with Crippen molar-refractivity contribution in [2.24, 2.45) is 0 Å². The summed E-state index contributed by atoms with van der Waals surface area (Å²) in [5.74, 6) is 0. The van der Waals surface area contributed by atoms with Gasteiger partial charge in [-0.2, -0.15) is 0 Å². The molecule has 0 bridgehead atoms. The first-order valence-electron chi connectivity index (χ1n) is 21.9. The molecule has 1 heterocycles. The predicted molar refractivity (Wildman–Crippen MR) is 271 cm³/mol. The number of anilines is 3. The second-order valence-corrected chi connectivity index (χ2v) is 16.5. The van der Waals surface area contributed by atoms with E-state index in [0.29, 0.717) is 0 Å². The molecule has 64 heavy (non-hydrogen) atoms.